The summed E-state index contributed by atoms with van der Waals surface area (Å²) in [5, 5.41) is 1.88. The van der Waals surface area contributed by atoms with Gasteiger partial charge in [0.25, 0.3) is 0 Å². The third kappa shape index (κ3) is 2.05. The van der Waals surface area contributed by atoms with Crippen molar-refractivity contribution in [2.75, 3.05) is 0 Å². The minimum absolute atomic E-state index is 0.221. The van der Waals surface area contributed by atoms with E-state index in [1.165, 1.54) is 17.5 Å². The van der Waals surface area contributed by atoms with Gasteiger partial charge in [-0.15, -0.1) is 4.89 Å². The summed E-state index contributed by atoms with van der Waals surface area (Å²) in [6.07, 6.45) is 1.50. The predicted molar refractivity (Wildman–Crippen MR) is 32.6 cm³/mol. The molecule has 0 bridgehead atoms. The van der Waals surface area contributed by atoms with Gasteiger partial charge in [-0.1, -0.05) is 11.3 Å². The first-order valence-electron chi connectivity index (χ1n) is 2.02. The summed E-state index contributed by atoms with van der Waals surface area (Å²) < 4.78 is 14.3. The van der Waals surface area contributed by atoms with Gasteiger partial charge in [-0.3, -0.25) is 0 Å². The topological polar surface area (TPSA) is 59.4 Å². The number of hydrogen-bond donors (Lipinski definition) is 1. The van der Waals surface area contributed by atoms with E-state index >= 15 is 0 Å². The Morgan fingerprint density at radius 3 is 3.11 bits per heavy atom. The van der Waals surface area contributed by atoms with E-state index in [2.05, 4.69) is 9.51 Å². The van der Waals surface area contributed by atoms with Gasteiger partial charge >= 0.3 is 13.4 Å². The molecule has 0 aliphatic rings. The monoisotopic (exact) mass is 164 g/mol. The van der Waals surface area contributed by atoms with E-state index in [9.17, 15) is 4.57 Å². The van der Waals surface area contributed by atoms with Gasteiger partial charge in [-0.25, -0.2) is 4.98 Å². The lowest BCUT2D eigenvalue weighted by Gasteiger charge is -1.74. The maximum atomic E-state index is 9.96. The van der Waals surface area contributed by atoms with Gasteiger partial charge in [0.15, 0.2) is 0 Å². The van der Waals surface area contributed by atoms with Crippen LogP contribution in [0.15, 0.2) is 11.6 Å². The van der Waals surface area contributed by atoms with Crippen molar-refractivity contribution in [1.82, 2.24) is 4.98 Å². The maximum absolute atomic E-state index is 9.96. The van der Waals surface area contributed by atoms with E-state index in [4.69, 9.17) is 4.89 Å². The quantitative estimate of drug-likeness (QED) is 0.666. The van der Waals surface area contributed by atoms with Crippen LogP contribution in [0.3, 0.4) is 0 Å². The van der Waals surface area contributed by atoms with Gasteiger partial charge in [0.1, 0.15) is 0 Å². The molecule has 0 aliphatic heterocycles. The lowest BCUT2D eigenvalue weighted by atomic mass is 11.0. The molecule has 1 unspecified atom stereocenters. The summed E-state index contributed by atoms with van der Waals surface area (Å²) in [6.45, 7) is 0. The number of rotatable bonds is 2. The largest absolute Gasteiger partial charge is 0.749 e. The number of hydrogen-bond acceptors (Lipinski definition) is 4. The molecule has 0 fully saturated rings. The van der Waals surface area contributed by atoms with Gasteiger partial charge in [0.2, 0.25) is 0 Å². The highest BCUT2D eigenvalue weighted by Crippen LogP contribution is 2.23. The van der Waals surface area contributed by atoms with Crippen molar-refractivity contribution >= 4 is 19.6 Å². The summed E-state index contributed by atoms with van der Waals surface area (Å²) >= 11 is 1.17. The van der Waals surface area contributed by atoms with Gasteiger partial charge in [0.05, 0.1) is 0 Å². The predicted octanol–water partition coefficient (Wildman–Crippen LogP) is 1.17. The van der Waals surface area contributed by atoms with Crippen LogP contribution < -0.4 is 4.52 Å². The lowest BCUT2D eigenvalue weighted by molar-refractivity contribution is 0.409. The van der Waals surface area contributed by atoms with Crippen molar-refractivity contribution in [3.8, 4) is 5.19 Å². The highest BCUT2D eigenvalue weighted by atomic mass is 32.1. The Labute approximate surface area is 56.1 Å². The first-order chi connectivity index (χ1) is 4.29. The molecule has 1 atom stereocenters. The summed E-state index contributed by atoms with van der Waals surface area (Å²) in [7, 11) is -2.55. The van der Waals surface area contributed by atoms with E-state index in [0.29, 0.717) is 0 Å². The fourth-order valence-electron chi connectivity index (χ4n) is 0.322. The van der Waals surface area contributed by atoms with Gasteiger partial charge in [-0.2, -0.15) is 4.52 Å². The minimum Gasteiger partial charge on any atom is -0.207 e. The Hall–Kier alpha value is -0.510. The molecule has 0 spiro atoms. The van der Waals surface area contributed by atoms with Crippen molar-refractivity contribution < 1.29 is 14.0 Å². The fraction of sp³-hybridized carbons (Fsp3) is 0. The van der Waals surface area contributed by atoms with Crippen LogP contribution in [-0.2, 0) is 4.57 Å². The molecule has 0 saturated heterocycles. The summed E-state index contributed by atoms with van der Waals surface area (Å²) in [5.74, 6) is 0. The van der Waals surface area contributed by atoms with Crippen LogP contribution in [0.5, 0.6) is 5.19 Å². The Morgan fingerprint density at radius 1 is 1.89 bits per heavy atom. The molecule has 1 heterocycles. The molecule has 1 aromatic rings. The molecule has 0 amide bonds. The van der Waals surface area contributed by atoms with Crippen LogP contribution in [0.25, 0.3) is 0 Å². The van der Waals surface area contributed by atoms with Crippen LogP contribution in [-0.4, -0.2) is 9.88 Å². The smallest absolute Gasteiger partial charge is 0.207 e. The third-order valence-corrected chi connectivity index (χ3v) is 1.67. The second-order valence-electron chi connectivity index (χ2n) is 1.13. The number of nitrogens with zero attached hydrogens (tertiary/aromatic N) is 1. The Balaban J connectivity index is 2.58. The Bertz CT molecular complexity index is 199. The Kier molecular flexibility index (Phi) is 2.10. The molecule has 48 valence electrons. The SMILES string of the molecule is O=[P+](O)Oc1nccs1. The minimum atomic E-state index is -2.55. The van der Waals surface area contributed by atoms with Crippen LogP contribution in [0.4, 0.5) is 0 Å². The zero-order chi connectivity index (χ0) is 6.69. The highest BCUT2D eigenvalue weighted by Gasteiger charge is 2.15. The molecule has 4 nitrogen and oxygen atoms in total. The van der Waals surface area contributed by atoms with Crippen LogP contribution in [0.1, 0.15) is 0 Å². The second kappa shape index (κ2) is 2.87. The van der Waals surface area contributed by atoms with Crippen molar-refractivity contribution in [2.45, 2.75) is 0 Å². The van der Waals surface area contributed by atoms with Crippen LogP contribution in [0.2, 0.25) is 0 Å². The maximum Gasteiger partial charge on any atom is 0.749 e. The standard InChI is InChI=1S/C3H2NO3PS/c5-8(6)7-3-4-1-2-9-3/h1-2H/p+1. The average molecular weight is 164 g/mol. The molecule has 0 saturated carbocycles. The normalized spacial score (nSPS) is 11.0. The summed E-state index contributed by atoms with van der Waals surface area (Å²) in [4.78, 5) is 11.8. The molecule has 0 aromatic carbocycles. The molecule has 0 radical (unpaired) electrons. The zero-order valence-corrected chi connectivity index (χ0v) is 5.93. The molecule has 6 heteroatoms. The van der Waals surface area contributed by atoms with E-state index in [1.54, 1.807) is 5.38 Å². The van der Waals surface area contributed by atoms with Crippen molar-refractivity contribution in [1.29, 1.82) is 0 Å². The molecule has 1 aromatic heterocycles. The van der Waals surface area contributed by atoms with Crippen LogP contribution in [0, 0.1) is 0 Å². The summed E-state index contributed by atoms with van der Waals surface area (Å²) in [5.41, 5.74) is 0. The van der Waals surface area contributed by atoms with Crippen molar-refractivity contribution in [2.24, 2.45) is 0 Å². The second-order valence-corrected chi connectivity index (χ2v) is 2.64. The van der Waals surface area contributed by atoms with E-state index in [0.717, 1.165) is 0 Å². The fourth-order valence-corrected chi connectivity index (χ4v) is 1.23. The first kappa shape index (κ1) is 6.61. The van der Waals surface area contributed by atoms with Gasteiger partial charge in [-0.05, 0) is 0 Å². The lowest BCUT2D eigenvalue weighted by Crippen LogP contribution is -1.75. The molecular weight excluding hydrogens is 161 g/mol. The Morgan fingerprint density at radius 2 is 2.67 bits per heavy atom. The highest BCUT2D eigenvalue weighted by molar-refractivity contribution is 7.33. The zero-order valence-electron chi connectivity index (χ0n) is 4.22. The first-order valence-corrected chi connectivity index (χ1v) is 4.03. The molecule has 1 N–H and O–H groups in total. The van der Waals surface area contributed by atoms with Crippen LogP contribution >= 0.6 is 19.6 Å². The van der Waals surface area contributed by atoms with E-state index < -0.39 is 8.25 Å². The van der Waals surface area contributed by atoms with Gasteiger partial charge in [0, 0.05) is 16.1 Å². The number of aromatic nitrogens is 1. The van der Waals surface area contributed by atoms with E-state index in [-0.39, 0.29) is 5.19 Å². The van der Waals surface area contributed by atoms with Crippen molar-refractivity contribution in [3.05, 3.63) is 11.6 Å². The molecule has 1 rings (SSSR count). The van der Waals surface area contributed by atoms with E-state index in [1.807, 2.05) is 0 Å². The summed E-state index contributed by atoms with van der Waals surface area (Å²) in [6, 6.07) is 0. The molecular formula is C3H3NO3PS+. The molecule has 0 aliphatic carbocycles. The van der Waals surface area contributed by atoms with Crippen molar-refractivity contribution in [3.63, 3.8) is 0 Å². The third-order valence-electron chi connectivity index (χ3n) is 0.566. The van der Waals surface area contributed by atoms with Gasteiger partial charge < -0.3 is 0 Å². The number of thiazole rings is 1. The molecule has 9 heavy (non-hydrogen) atoms. The average Bonchev–Trinajstić information content (AvgIpc) is 2.15.